The molecule has 1 aliphatic rings. The Morgan fingerprint density at radius 3 is 2.79 bits per heavy atom. The van der Waals surface area contributed by atoms with Crippen molar-refractivity contribution < 1.29 is 19.6 Å². The molecule has 3 rings (SSSR count). The number of hydrogen-bond donors (Lipinski definition) is 1. The number of phenolic OH excluding ortho intramolecular Hbond substituents is 1. The van der Waals surface area contributed by atoms with Gasteiger partial charge in [0.2, 0.25) is 0 Å². The highest BCUT2D eigenvalue weighted by atomic mass is 16.6. The van der Waals surface area contributed by atoms with Gasteiger partial charge < -0.3 is 9.84 Å². The quantitative estimate of drug-likeness (QED) is 0.530. The van der Waals surface area contributed by atoms with Crippen molar-refractivity contribution in [2.75, 3.05) is 6.61 Å². The molecule has 24 heavy (non-hydrogen) atoms. The number of phenols is 1. The minimum Gasteiger partial charge on any atom is -0.502 e. The fourth-order valence-electron chi connectivity index (χ4n) is 2.64. The lowest BCUT2D eigenvalue weighted by atomic mass is 9.94. The molecule has 1 heterocycles. The van der Waals surface area contributed by atoms with Crippen LogP contribution in [0.2, 0.25) is 0 Å². The van der Waals surface area contributed by atoms with Crippen LogP contribution in [0.15, 0.2) is 54.1 Å². The number of nitrogens with zero attached hydrogens (tertiary/aromatic N) is 1. The number of ether oxygens (including phenoxy) is 1. The van der Waals surface area contributed by atoms with Crippen molar-refractivity contribution in [2.24, 2.45) is 0 Å². The van der Waals surface area contributed by atoms with Crippen LogP contribution >= 0.6 is 0 Å². The van der Waals surface area contributed by atoms with E-state index in [1.165, 1.54) is 12.1 Å². The highest BCUT2D eigenvalue weighted by molar-refractivity contribution is 6.09. The number of carbonyl (C=O) groups excluding carboxylic acids is 1. The molecule has 2 aromatic rings. The van der Waals surface area contributed by atoms with Crippen LogP contribution in [0.3, 0.4) is 0 Å². The van der Waals surface area contributed by atoms with Gasteiger partial charge in [0.25, 0.3) is 0 Å². The summed E-state index contributed by atoms with van der Waals surface area (Å²) in [5.74, 6) is 0.00401. The van der Waals surface area contributed by atoms with E-state index in [-0.39, 0.29) is 11.3 Å². The lowest BCUT2D eigenvalue weighted by molar-refractivity contribution is -0.385. The molecule has 0 amide bonds. The van der Waals surface area contributed by atoms with Gasteiger partial charge >= 0.3 is 5.69 Å². The highest BCUT2D eigenvalue weighted by Crippen LogP contribution is 2.29. The first-order chi connectivity index (χ1) is 11.6. The van der Waals surface area contributed by atoms with Gasteiger partial charge in [0.15, 0.2) is 11.5 Å². The maximum Gasteiger partial charge on any atom is 0.311 e. The first-order valence-electron chi connectivity index (χ1n) is 7.48. The Bertz CT molecular complexity index is 841. The Kier molecular flexibility index (Phi) is 4.29. The summed E-state index contributed by atoms with van der Waals surface area (Å²) in [6, 6.07) is 11.2. The molecule has 122 valence electrons. The van der Waals surface area contributed by atoms with Crippen LogP contribution in [0.5, 0.6) is 11.5 Å². The van der Waals surface area contributed by atoms with E-state index in [0.717, 1.165) is 17.4 Å². The van der Waals surface area contributed by atoms with Gasteiger partial charge in [-0.05, 0) is 23.8 Å². The Hall–Kier alpha value is -3.15. The van der Waals surface area contributed by atoms with Crippen LogP contribution in [0, 0.1) is 10.1 Å². The first kappa shape index (κ1) is 15.7. The Morgan fingerprint density at radius 1 is 1.21 bits per heavy atom. The lowest BCUT2D eigenvalue weighted by Gasteiger charge is -2.16. The molecule has 1 N–H and O–H groups in total. The average Bonchev–Trinajstić information content (AvgIpc) is 2.55. The van der Waals surface area contributed by atoms with Crippen molar-refractivity contribution in [1.29, 1.82) is 0 Å². The molecule has 0 aliphatic carbocycles. The average molecular weight is 325 g/mol. The highest BCUT2D eigenvalue weighted by Gasteiger charge is 2.21. The van der Waals surface area contributed by atoms with Gasteiger partial charge in [0.1, 0.15) is 5.75 Å². The standard InChI is InChI=1S/C18H15NO5/c20-16-8-7-14(11-15(16)19(22)23)18(21)13-5-3-9-24-17-6-2-1-4-12(17)10-13/h1-2,4-8,11,20H,3,9-10H2/b13-5-. The summed E-state index contributed by atoms with van der Waals surface area (Å²) in [4.78, 5) is 23.0. The number of hydrogen-bond acceptors (Lipinski definition) is 5. The molecule has 0 bridgehead atoms. The second kappa shape index (κ2) is 6.54. The molecule has 0 spiro atoms. The number of Topliss-reactive ketones (excluding diaryl/α,β-unsaturated/α-hetero) is 1. The molecule has 0 saturated heterocycles. The number of benzene rings is 2. The number of allylic oxidation sites excluding steroid dienone is 1. The number of nitro groups is 1. The van der Waals surface area contributed by atoms with E-state index in [0.29, 0.717) is 25.0 Å². The smallest absolute Gasteiger partial charge is 0.311 e. The largest absolute Gasteiger partial charge is 0.502 e. The molecule has 6 nitrogen and oxygen atoms in total. The zero-order valence-corrected chi connectivity index (χ0v) is 12.8. The van der Waals surface area contributed by atoms with Gasteiger partial charge in [-0.1, -0.05) is 24.3 Å². The number of nitro benzene ring substituents is 1. The molecule has 0 fully saturated rings. The predicted molar refractivity (Wildman–Crippen MR) is 87.4 cm³/mol. The van der Waals surface area contributed by atoms with E-state index in [1.54, 1.807) is 6.08 Å². The Labute approximate surface area is 138 Å². The molecule has 0 radical (unpaired) electrons. The third-order valence-corrected chi connectivity index (χ3v) is 3.85. The summed E-state index contributed by atoms with van der Waals surface area (Å²) in [7, 11) is 0. The van der Waals surface area contributed by atoms with Crippen molar-refractivity contribution in [1.82, 2.24) is 0 Å². The summed E-state index contributed by atoms with van der Waals surface area (Å²) in [5.41, 5.74) is 1.16. The van der Waals surface area contributed by atoms with E-state index >= 15 is 0 Å². The minimum absolute atomic E-state index is 0.185. The second-order valence-corrected chi connectivity index (χ2v) is 5.44. The molecule has 0 unspecified atom stereocenters. The third kappa shape index (κ3) is 3.12. The maximum atomic E-state index is 12.7. The summed E-state index contributed by atoms with van der Waals surface area (Å²) < 4.78 is 5.65. The van der Waals surface area contributed by atoms with E-state index in [1.807, 2.05) is 24.3 Å². The van der Waals surface area contributed by atoms with Gasteiger partial charge in [-0.2, -0.15) is 0 Å². The van der Waals surface area contributed by atoms with Gasteiger partial charge in [0.05, 0.1) is 11.5 Å². The zero-order chi connectivity index (χ0) is 17.1. The topological polar surface area (TPSA) is 89.7 Å². The second-order valence-electron chi connectivity index (χ2n) is 5.44. The number of ketones is 1. The van der Waals surface area contributed by atoms with Crippen LogP contribution in [0.1, 0.15) is 22.3 Å². The fourth-order valence-corrected chi connectivity index (χ4v) is 2.64. The zero-order valence-electron chi connectivity index (χ0n) is 12.8. The third-order valence-electron chi connectivity index (χ3n) is 3.85. The van der Waals surface area contributed by atoms with Crippen LogP contribution in [-0.2, 0) is 6.42 Å². The molecular formula is C18H15NO5. The Balaban J connectivity index is 1.94. The van der Waals surface area contributed by atoms with Gasteiger partial charge in [-0.3, -0.25) is 14.9 Å². The van der Waals surface area contributed by atoms with Crippen molar-refractivity contribution >= 4 is 11.5 Å². The predicted octanol–water partition coefficient (Wildman–Crippen LogP) is 3.43. The molecule has 2 aromatic carbocycles. The van der Waals surface area contributed by atoms with Crippen molar-refractivity contribution in [3.63, 3.8) is 0 Å². The number of carbonyl (C=O) groups is 1. The van der Waals surface area contributed by atoms with Crippen LogP contribution in [-0.4, -0.2) is 22.4 Å². The first-order valence-corrected chi connectivity index (χ1v) is 7.48. The number of fused-ring (bicyclic) bond motifs is 1. The van der Waals surface area contributed by atoms with Crippen molar-refractivity contribution in [2.45, 2.75) is 12.8 Å². The summed E-state index contributed by atoms with van der Waals surface area (Å²) >= 11 is 0. The summed E-state index contributed by atoms with van der Waals surface area (Å²) in [6.07, 6.45) is 2.77. The maximum absolute atomic E-state index is 12.7. The van der Waals surface area contributed by atoms with Crippen LogP contribution < -0.4 is 4.74 Å². The molecule has 6 heteroatoms. The minimum atomic E-state index is -0.707. The van der Waals surface area contributed by atoms with Crippen LogP contribution in [0.25, 0.3) is 0 Å². The molecule has 0 atom stereocenters. The van der Waals surface area contributed by atoms with Crippen LogP contribution in [0.4, 0.5) is 5.69 Å². The summed E-state index contributed by atoms with van der Waals surface area (Å²) in [6.45, 7) is 0.462. The molecule has 0 saturated carbocycles. The van der Waals surface area contributed by atoms with E-state index in [9.17, 15) is 20.0 Å². The van der Waals surface area contributed by atoms with E-state index < -0.39 is 16.4 Å². The number of rotatable bonds is 3. The van der Waals surface area contributed by atoms with Crippen molar-refractivity contribution in [3.05, 3.63) is 75.4 Å². The molecule has 0 aromatic heterocycles. The van der Waals surface area contributed by atoms with E-state index in [4.69, 9.17) is 4.74 Å². The van der Waals surface area contributed by atoms with E-state index in [2.05, 4.69) is 0 Å². The number of aromatic hydroxyl groups is 1. The van der Waals surface area contributed by atoms with Crippen molar-refractivity contribution in [3.8, 4) is 11.5 Å². The number of para-hydroxylation sites is 1. The monoisotopic (exact) mass is 325 g/mol. The lowest BCUT2D eigenvalue weighted by Crippen LogP contribution is -2.11. The normalized spacial score (nSPS) is 15.9. The summed E-state index contributed by atoms with van der Waals surface area (Å²) in [5, 5.41) is 20.5. The van der Waals surface area contributed by atoms with Gasteiger partial charge in [-0.25, -0.2) is 0 Å². The molecule has 1 aliphatic heterocycles. The van der Waals surface area contributed by atoms with Gasteiger partial charge in [0, 0.05) is 30.0 Å². The molecular weight excluding hydrogens is 310 g/mol. The SMILES string of the molecule is O=C(/C1=C\CCOc2ccccc2C1)c1ccc(O)c([N+](=O)[O-])c1. The fraction of sp³-hybridized carbons (Fsp3) is 0.167. The Morgan fingerprint density at radius 2 is 2.00 bits per heavy atom. The van der Waals surface area contributed by atoms with Gasteiger partial charge in [-0.15, -0.1) is 0 Å².